The van der Waals surface area contributed by atoms with Gasteiger partial charge < -0.3 is 0 Å². The Morgan fingerprint density at radius 1 is 1.00 bits per heavy atom. The van der Waals surface area contributed by atoms with E-state index in [9.17, 15) is 26.4 Å². The Morgan fingerprint density at radius 2 is 1.50 bits per heavy atom. The fourth-order valence-electron chi connectivity index (χ4n) is 2.33. The van der Waals surface area contributed by atoms with Crippen molar-refractivity contribution in [2.45, 2.75) is 45.0 Å². The zero-order valence-corrected chi connectivity index (χ0v) is 16.6. The van der Waals surface area contributed by atoms with Crippen molar-refractivity contribution in [2.24, 2.45) is 0 Å². The summed E-state index contributed by atoms with van der Waals surface area (Å²) in [5.74, 6) is -0.425. The lowest BCUT2D eigenvalue weighted by molar-refractivity contribution is -0.0496. The van der Waals surface area contributed by atoms with Crippen LogP contribution in [0.25, 0.3) is 0 Å². The molecule has 0 N–H and O–H groups in total. The summed E-state index contributed by atoms with van der Waals surface area (Å²) in [5, 5.41) is 0. The van der Waals surface area contributed by atoms with E-state index in [1.54, 1.807) is 30.3 Å². The van der Waals surface area contributed by atoms with Crippen molar-refractivity contribution in [3.05, 3.63) is 35.9 Å². The lowest BCUT2D eigenvalue weighted by Crippen LogP contribution is -2.31. The maximum atomic E-state index is 12.9. The van der Waals surface area contributed by atoms with Crippen molar-refractivity contribution in [1.82, 2.24) is 0 Å². The molecule has 1 rings (SSSR count). The smallest absolute Gasteiger partial charge is 0.293 e. The molecular weight excluding hydrogens is 389 g/mol. The first kappa shape index (κ1) is 23.0. The van der Waals surface area contributed by atoms with E-state index >= 15 is 0 Å². The van der Waals surface area contributed by atoms with Gasteiger partial charge in [0.2, 0.25) is 0 Å². The average Bonchev–Trinajstić information content (AvgIpc) is 2.57. The standard InChI is InChI=1S/C17H25F3O4S2/c1-3-5-12-25(13-6-4-2,24-26(22,23)17(18,19)20)14-16(21)15-10-8-7-9-11-15/h7-11H,3-6,12-14H2,1-2H3. The lowest BCUT2D eigenvalue weighted by Gasteiger charge is -2.38. The minimum atomic E-state index is -5.76. The predicted molar refractivity (Wildman–Crippen MR) is 98.8 cm³/mol. The number of alkyl halides is 3. The zero-order chi connectivity index (χ0) is 19.8. The largest absolute Gasteiger partial charge is 0.523 e. The number of Topliss-reactive ketones (excluding diaryl/α,β-unsaturated/α-hetero) is 1. The normalized spacial score (nSPS) is 13.6. The molecule has 0 amide bonds. The monoisotopic (exact) mass is 414 g/mol. The molecule has 150 valence electrons. The molecule has 0 fully saturated rings. The van der Waals surface area contributed by atoms with E-state index in [-0.39, 0.29) is 17.3 Å². The van der Waals surface area contributed by atoms with E-state index in [0.717, 1.165) is 0 Å². The molecule has 4 nitrogen and oxygen atoms in total. The Bertz CT molecular complexity index is 665. The number of benzene rings is 1. The first-order valence-corrected chi connectivity index (χ1v) is 11.9. The van der Waals surface area contributed by atoms with Gasteiger partial charge in [0.05, 0.1) is 5.75 Å². The zero-order valence-electron chi connectivity index (χ0n) is 14.9. The van der Waals surface area contributed by atoms with Crippen LogP contribution < -0.4 is 0 Å². The van der Waals surface area contributed by atoms with Crippen LogP contribution in [-0.2, 0) is 13.7 Å². The van der Waals surface area contributed by atoms with Gasteiger partial charge >= 0.3 is 15.6 Å². The van der Waals surface area contributed by atoms with Crippen molar-refractivity contribution in [1.29, 1.82) is 0 Å². The maximum absolute atomic E-state index is 12.9. The van der Waals surface area contributed by atoms with Gasteiger partial charge in [-0.05, 0) is 12.8 Å². The van der Waals surface area contributed by atoms with Gasteiger partial charge in [0, 0.05) is 17.1 Å². The fraction of sp³-hybridized carbons (Fsp3) is 0.588. The second-order valence-electron chi connectivity index (χ2n) is 5.98. The predicted octanol–water partition coefficient (Wildman–Crippen LogP) is 5.06. The highest BCUT2D eigenvalue weighted by atomic mass is 32.3. The molecule has 0 unspecified atom stereocenters. The molecule has 0 spiro atoms. The molecule has 0 radical (unpaired) electrons. The van der Waals surface area contributed by atoms with Gasteiger partial charge in [-0.15, -0.1) is 10.3 Å². The van der Waals surface area contributed by atoms with E-state index in [2.05, 4.69) is 0 Å². The van der Waals surface area contributed by atoms with Crippen molar-refractivity contribution >= 4 is 26.2 Å². The van der Waals surface area contributed by atoms with Gasteiger partial charge in [-0.25, -0.2) is 3.63 Å². The van der Waals surface area contributed by atoms with Crippen molar-refractivity contribution < 1.29 is 30.0 Å². The molecule has 0 atom stereocenters. The Balaban J connectivity index is 3.22. The second kappa shape index (κ2) is 9.75. The number of carbonyl (C=O) groups is 1. The summed E-state index contributed by atoms with van der Waals surface area (Å²) in [7, 11) is -8.53. The van der Waals surface area contributed by atoms with Crippen LogP contribution in [0.15, 0.2) is 30.3 Å². The van der Waals surface area contributed by atoms with Crippen LogP contribution in [0.4, 0.5) is 13.2 Å². The lowest BCUT2D eigenvalue weighted by atomic mass is 10.2. The summed E-state index contributed by atoms with van der Waals surface area (Å²) in [6, 6.07) is 8.13. The molecule has 9 heteroatoms. The highest BCUT2D eigenvalue weighted by Crippen LogP contribution is 2.54. The number of unbranched alkanes of at least 4 members (excludes halogenated alkanes) is 2. The molecule has 26 heavy (non-hydrogen) atoms. The quantitative estimate of drug-likeness (QED) is 0.375. The summed E-state index contributed by atoms with van der Waals surface area (Å²) in [4.78, 5) is 12.6. The first-order chi connectivity index (χ1) is 12.1. The second-order valence-corrected chi connectivity index (χ2v) is 10.9. The van der Waals surface area contributed by atoms with Crippen LogP contribution in [0.2, 0.25) is 0 Å². The highest BCUT2D eigenvalue weighted by Gasteiger charge is 2.51. The molecule has 0 bridgehead atoms. The number of carbonyl (C=O) groups excluding carboxylic acids is 1. The van der Waals surface area contributed by atoms with Crippen molar-refractivity contribution in [3.8, 4) is 0 Å². The van der Waals surface area contributed by atoms with Crippen LogP contribution in [0.3, 0.4) is 0 Å². The maximum Gasteiger partial charge on any atom is 0.523 e. The van der Waals surface area contributed by atoms with E-state index in [1.165, 1.54) is 0 Å². The summed E-state index contributed by atoms with van der Waals surface area (Å²) in [5.41, 5.74) is -5.16. The van der Waals surface area contributed by atoms with Crippen molar-refractivity contribution in [2.75, 3.05) is 17.3 Å². The Hall–Kier alpha value is -1.06. The highest BCUT2D eigenvalue weighted by molar-refractivity contribution is 8.33. The SMILES string of the molecule is CCCCS(CCCC)(CC(=O)c1ccccc1)OS(=O)(=O)C(F)(F)F. The average molecular weight is 415 g/mol. The van der Waals surface area contributed by atoms with Crippen LogP contribution in [0.5, 0.6) is 0 Å². The number of hydrogen-bond acceptors (Lipinski definition) is 4. The van der Waals surface area contributed by atoms with Gasteiger partial charge in [0.1, 0.15) is 0 Å². The molecule has 0 aliphatic heterocycles. The Kier molecular flexibility index (Phi) is 8.62. The molecule has 0 heterocycles. The number of hydrogen-bond donors (Lipinski definition) is 0. The minimum absolute atomic E-state index is 0.150. The third-order valence-electron chi connectivity index (χ3n) is 3.75. The molecule has 0 aromatic heterocycles. The molecule has 0 aliphatic rings. The molecule has 1 aromatic carbocycles. The van der Waals surface area contributed by atoms with Crippen LogP contribution in [0.1, 0.15) is 49.9 Å². The van der Waals surface area contributed by atoms with Gasteiger partial charge in [-0.1, -0.05) is 57.0 Å². The third-order valence-corrected chi connectivity index (χ3v) is 9.04. The summed E-state index contributed by atoms with van der Waals surface area (Å²) >= 11 is 0. The molecule has 0 aliphatic carbocycles. The van der Waals surface area contributed by atoms with E-state index in [4.69, 9.17) is 3.63 Å². The van der Waals surface area contributed by atoms with E-state index in [0.29, 0.717) is 31.2 Å². The fourth-order valence-corrected chi connectivity index (χ4v) is 7.66. The van der Waals surface area contributed by atoms with Crippen molar-refractivity contribution in [3.63, 3.8) is 0 Å². The summed E-state index contributed by atoms with van der Waals surface area (Å²) in [6.45, 7) is 3.70. The number of rotatable bonds is 11. The summed E-state index contributed by atoms with van der Waals surface area (Å²) < 4.78 is 66.8. The van der Waals surface area contributed by atoms with Gasteiger partial charge in [0.25, 0.3) is 0 Å². The summed E-state index contributed by atoms with van der Waals surface area (Å²) in [6.07, 6.45) is 2.31. The van der Waals surface area contributed by atoms with Crippen LogP contribution in [0, 0.1) is 0 Å². The van der Waals surface area contributed by atoms with Crippen LogP contribution >= 0.6 is 10.3 Å². The number of halogens is 3. The van der Waals surface area contributed by atoms with E-state index in [1.807, 2.05) is 13.8 Å². The van der Waals surface area contributed by atoms with Gasteiger partial charge in [0.15, 0.2) is 5.78 Å². The molecule has 1 aromatic rings. The van der Waals surface area contributed by atoms with Gasteiger partial charge in [-0.2, -0.15) is 21.6 Å². The first-order valence-electron chi connectivity index (χ1n) is 8.44. The molecule has 0 saturated heterocycles. The number of ketones is 1. The topological polar surface area (TPSA) is 60.4 Å². The van der Waals surface area contributed by atoms with Gasteiger partial charge in [-0.3, -0.25) is 4.79 Å². The Labute approximate surface area is 154 Å². The molecular formula is C17H25F3O4S2. The van der Waals surface area contributed by atoms with E-state index < -0.39 is 31.7 Å². The van der Waals surface area contributed by atoms with Crippen LogP contribution in [-0.4, -0.2) is 37.0 Å². The third kappa shape index (κ3) is 6.59. The molecule has 0 saturated carbocycles. The minimum Gasteiger partial charge on any atom is -0.293 e. The Morgan fingerprint density at radius 3 is 1.92 bits per heavy atom.